The van der Waals surface area contributed by atoms with E-state index in [1.807, 2.05) is 146 Å². The number of hydrogen-bond acceptors (Lipinski definition) is 21. The number of nitrogens with one attached hydrogen (secondary N) is 4. The Hall–Kier alpha value is -8.22. The Balaban J connectivity index is 0.000000212. The summed E-state index contributed by atoms with van der Waals surface area (Å²) >= 11 is 3.34. The largest absolute Gasteiger partial charge is 0.506 e. The summed E-state index contributed by atoms with van der Waals surface area (Å²) in [5, 5.41) is 25.5. The lowest BCUT2D eigenvalue weighted by molar-refractivity contribution is -0.193. The minimum Gasteiger partial charge on any atom is -0.506 e. The van der Waals surface area contributed by atoms with Gasteiger partial charge in [-0.1, -0.05) is 215 Å². The van der Waals surface area contributed by atoms with Crippen LogP contribution in [0.5, 0.6) is 5.75 Å². The van der Waals surface area contributed by atoms with Crippen LogP contribution in [0.2, 0.25) is 0 Å². The molecule has 4 unspecified atom stereocenters. The lowest BCUT2D eigenvalue weighted by Crippen LogP contribution is -2.26. The number of methoxy groups -OCH3 is 2. The monoisotopic (exact) mass is 1730 g/mol. The number of fused-ring (bicyclic) bond motifs is 8. The predicted octanol–water partition coefficient (Wildman–Crippen LogP) is 16.7. The Bertz CT molecular complexity index is 4960. The summed E-state index contributed by atoms with van der Waals surface area (Å²) in [6.07, 6.45) is 16.9. The number of aromatic hydroxyl groups is 1. The van der Waals surface area contributed by atoms with Crippen LogP contribution in [0.3, 0.4) is 0 Å². The first-order valence-electron chi connectivity index (χ1n) is 40.2. The highest BCUT2D eigenvalue weighted by molar-refractivity contribution is 8.00. The van der Waals surface area contributed by atoms with Crippen molar-refractivity contribution in [2.75, 3.05) is 99.0 Å². The number of benzene rings is 8. The first-order valence-corrected chi connectivity index (χ1v) is 47.8. The number of thioether (sulfide) groups is 2. The standard InChI is InChI=1S/C23H32N2O2S.C22H30N2O3S.2C21H28N2O3S2.2CO2/c1-4-5-6-7-8-11-16-24-23-19-12-9-10-13-21(19)25(3)28(26,27)22-17-18(2)14-15-20(22)23;1-3-4-5-6-7-10-16-23-21-17-12-8-9-15-20(17)28(26,27)24(2)22-18(21)13-11-14-19(22)25;2*1-15(2)27-16-10-11-18-20(14-16)28(24,25)23(3)19-9-6-5-8-17(19)21(18)22-12-7-13-26-4;2*2-1-3/h9-10,12-15,17,23-24H,4-8,11,16H2,1-3H3;8-9,11-15,21,23,25H,3-7,10,16H2,1-2H3;2*5-6,8-11,14-15,21-22H,7,12-13H2,1-4H3;;. The number of aryl methyl sites for hydroxylation is 1. The molecule has 0 aromatic heterocycles. The second-order valence-corrected chi connectivity index (χ2v) is 40.6. The Morgan fingerprint density at radius 1 is 0.373 bits per heavy atom. The zero-order valence-corrected chi connectivity index (χ0v) is 75.1. The third kappa shape index (κ3) is 24.8. The third-order valence-corrected chi connectivity index (χ3v) is 29.8. The van der Waals surface area contributed by atoms with E-state index in [1.54, 1.807) is 83.2 Å². The van der Waals surface area contributed by atoms with E-state index in [0.29, 0.717) is 55.5 Å². The molecular weight excluding hydrogens is 1610 g/mol. The smallest absolute Gasteiger partial charge is 0.373 e. The maximum atomic E-state index is 13.4. The van der Waals surface area contributed by atoms with Crippen LogP contribution in [0.15, 0.2) is 199 Å². The van der Waals surface area contributed by atoms with Crippen LogP contribution in [-0.2, 0) is 68.7 Å². The molecule has 0 bridgehead atoms. The number of unbranched alkanes of at least 4 members (excludes halogenated alkanes) is 10. The molecule has 118 heavy (non-hydrogen) atoms. The SMILES string of the molecule is CCCCCCCCNC1c2ccccc2N(C)S(=O)(=O)c2cc(C)ccc21.CCCCCCCCNC1c2ccccc2S(=O)(=O)N(C)c2c(O)cccc21.COCCCNC1c2ccccc2N(C)S(=O)(=O)c2cc(SC(C)C)ccc21.COCCCNC1c2ccccc2N(C)S(=O)(=O)c2cc(SC(C)C)ccc21.O=C=O.O=C=O. The number of ether oxygens (including phenoxy) is 2. The molecule has 8 aromatic rings. The second-order valence-electron chi connectivity index (χ2n) is 29.5. The van der Waals surface area contributed by atoms with Crippen molar-refractivity contribution in [1.29, 1.82) is 0 Å². The van der Waals surface area contributed by atoms with Gasteiger partial charge in [0.2, 0.25) is 0 Å². The van der Waals surface area contributed by atoms with E-state index >= 15 is 0 Å². The summed E-state index contributed by atoms with van der Waals surface area (Å²) in [4.78, 5) is 35.9. The van der Waals surface area contributed by atoms with Crippen molar-refractivity contribution < 1.29 is 67.4 Å². The molecule has 0 spiro atoms. The molecule has 4 aliphatic heterocycles. The topological polar surface area (TPSA) is 305 Å². The van der Waals surface area contributed by atoms with Crippen LogP contribution >= 0.6 is 23.5 Å². The van der Waals surface area contributed by atoms with Crippen LogP contribution in [0.4, 0.5) is 22.7 Å². The first kappa shape index (κ1) is 96.9. The van der Waals surface area contributed by atoms with Crippen LogP contribution < -0.4 is 38.5 Å². The van der Waals surface area contributed by atoms with Gasteiger partial charge in [-0.25, -0.2) is 33.7 Å². The molecule has 0 saturated heterocycles. The first-order chi connectivity index (χ1) is 56.5. The fraction of sp³-hybridized carbons (Fsp3) is 0.438. The van der Waals surface area contributed by atoms with Crippen molar-refractivity contribution in [1.82, 2.24) is 21.3 Å². The Kier molecular flexibility index (Phi) is 38.7. The average molecular weight is 1730 g/mol. The van der Waals surface area contributed by atoms with E-state index in [-0.39, 0.29) is 47.1 Å². The van der Waals surface area contributed by atoms with Gasteiger partial charge in [0.25, 0.3) is 40.1 Å². The lowest BCUT2D eigenvalue weighted by Gasteiger charge is -2.23. The number of hydrogen-bond donors (Lipinski definition) is 5. The van der Waals surface area contributed by atoms with E-state index in [9.17, 15) is 38.8 Å². The molecule has 0 amide bonds. The van der Waals surface area contributed by atoms with Gasteiger partial charge in [0.05, 0.1) is 66.5 Å². The quantitative estimate of drug-likeness (QED) is 0.0206. The van der Waals surface area contributed by atoms with E-state index in [2.05, 4.69) is 62.8 Å². The molecule has 4 aliphatic rings. The van der Waals surface area contributed by atoms with Gasteiger partial charge in [0, 0.05) is 81.5 Å². The van der Waals surface area contributed by atoms with Crippen LogP contribution in [0.25, 0.3) is 0 Å². The van der Waals surface area contributed by atoms with Crippen molar-refractivity contribution in [2.45, 2.75) is 202 Å². The van der Waals surface area contributed by atoms with Crippen LogP contribution in [0, 0.1) is 6.92 Å². The molecule has 0 aliphatic carbocycles. The highest BCUT2D eigenvalue weighted by atomic mass is 32.2. The minimum absolute atomic E-state index is 0.0252. The van der Waals surface area contributed by atoms with Gasteiger partial charge in [0.15, 0.2) is 0 Å². The van der Waals surface area contributed by atoms with Gasteiger partial charge in [-0.05, 0) is 164 Å². The zero-order valence-electron chi connectivity index (χ0n) is 70.2. The highest BCUT2D eigenvalue weighted by Crippen LogP contribution is 2.47. The van der Waals surface area contributed by atoms with E-state index in [4.69, 9.17) is 28.7 Å². The zero-order chi connectivity index (χ0) is 86.3. The molecule has 23 nitrogen and oxygen atoms in total. The van der Waals surface area contributed by atoms with Gasteiger partial charge in [-0.15, -0.1) is 23.5 Å². The molecule has 0 radical (unpaired) electrons. The van der Waals surface area contributed by atoms with Crippen molar-refractivity contribution in [2.24, 2.45) is 0 Å². The number of nitrogens with zero attached hydrogens (tertiary/aromatic N) is 4. The van der Waals surface area contributed by atoms with Gasteiger partial charge < -0.3 is 35.8 Å². The Labute approximate surface area is 709 Å². The molecule has 640 valence electrons. The number of para-hydroxylation sites is 4. The molecule has 5 N–H and O–H groups in total. The second kappa shape index (κ2) is 47.1. The fourth-order valence-electron chi connectivity index (χ4n) is 14.8. The van der Waals surface area contributed by atoms with Crippen LogP contribution in [-0.4, -0.2) is 143 Å². The Morgan fingerprint density at radius 3 is 1.06 bits per heavy atom. The van der Waals surface area contributed by atoms with Gasteiger partial charge in [-0.3, -0.25) is 17.2 Å². The average Bonchev–Trinajstić information content (AvgIpc) is 1.62. The number of phenolic OH excluding ortho intramolecular Hbond substituents is 1. The molecule has 12 rings (SSSR count). The normalized spacial score (nSPS) is 17.0. The van der Waals surface area contributed by atoms with E-state index in [0.717, 1.165) is 124 Å². The van der Waals surface area contributed by atoms with Crippen molar-refractivity contribution in [3.63, 3.8) is 0 Å². The minimum atomic E-state index is -3.74. The molecular formula is C89H118N8O15S6. The third-order valence-electron chi connectivity index (χ3n) is 20.5. The van der Waals surface area contributed by atoms with Gasteiger partial charge in [-0.2, -0.15) is 19.2 Å². The molecule has 0 saturated carbocycles. The van der Waals surface area contributed by atoms with Crippen molar-refractivity contribution >= 4 is 98.7 Å². The van der Waals surface area contributed by atoms with E-state index < -0.39 is 40.1 Å². The predicted molar refractivity (Wildman–Crippen MR) is 471 cm³/mol. The lowest BCUT2D eigenvalue weighted by atomic mass is 9.96. The fourth-order valence-corrected chi connectivity index (χ4v) is 22.6. The molecule has 4 heterocycles. The van der Waals surface area contributed by atoms with E-state index in [1.165, 1.54) is 88.1 Å². The van der Waals surface area contributed by atoms with Crippen molar-refractivity contribution in [3.8, 4) is 5.75 Å². The Morgan fingerprint density at radius 2 is 0.678 bits per heavy atom. The summed E-state index contributed by atoms with van der Waals surface area (Å²) in [6, 6.07) is 52.1. The summed E-state index contributed by atoms with van der Waals surface area (Å²) in [6.45, 7) is 19.3. The number of rotatable bonds is 30. The molecule has 0 fully saturated rings. The molecule has 29 heteroatoms. The summed E-state index contributed by atoms with van der Waals surface area (Å²) < 4.78 is 122. The molecule has 4 atom stereocenters. The number of sulfonamides is 4. The summed E-state index contributed by atoms with van der Waals surface area (Å²) in [7, 11) is -4.81. The number of anilines is 4. The summed E-state index contributed by atoms with van der Waals surface area (Å²) in [5.41, 5.74) is 10.4. The molecule has 8 aromatic carbocycles. The van der Waals surface area contributed by atoms with Gasteiger partial charge in [0.1, 0.15) is 5.75 Å². The van der Waals surface area contributed by atoms with Crippen LogP contribution in [0.1, 0.15) is 206 Å². The maximum Gasteiger partial charge on any atom is 0.373 e. The highest BCUT2D eigenvalue weighted by Gasteiger charge is 2.40. The van der Waals surface area contributed by atoms with Gasteiger partial charge >= 0.3 is 12.3 Å². The maximum absolute atomic E-state index is 13.4. The number of carbonyl (C=O) groups excluding carboxylic acids is 4. The summed E-state index contributed by atoms with van der Waals surface area (Å²) in [5.74, 6) is -0.0252. The number of phenols is 1. The van der Waals surface area contributed by atoms with Crippen molar-refractivity contribution in [3.05, 3.63) is 220 Å².